The third kappa shape index (κ3) is 10.4. The van der Waals surface area contributed by atoms with Crippen molar-refractivity contribution in [3.8, 4) is 5.75 Å². The highest BCUT2D eigenvalue weighted by atomic mass is 127. The van der Waals surface area contributed by atoms with Crippen LogP contribution < -0.4 is 20.7 Å². The number of hydrogen-bond donors (Lipinski definition) is 3. The molecule has 6 nitrogen and oxygen atoms in total. The number of nitrogens with one attached hydrogen (secondary N) is 3. The number of benzene rings is 1. The summed E-state index contributed by atoms with van der Waals surface area (Å²) >= 11 is 0. The van der Waals surface area contributed by atoms with Crippen molar-refractivity contribution < 1.29 is 22.7 Å². The van der Waals surface area contributed by atoms with Crippen LogP contribution in [0.4, 0.5) is 13.2 Å². The third-order valence-corrected chi connectivity index (χ3v) is 4.02. The fourth-order valence-corrected chi connectivity index (χ4v) is 2.38. The van der Waals surface area contributed by atoms with E-state index in [4.69, 9.17) is 4.74 Å². The summed E-state index contributed by atoms with van der Waals surface area (Å²) in [6.45, 7) is 9.43. The monoisotopic (exact) mass is 544 g/mol. The average molecular weight is 544 g/mol. The standard InChI is InChI=1S/C20H31F3N4O2.HI/c1-6-24-17(28)19(4,5)12-27-18(25-7-2)26-11-15-9-8-14(3)10-16(15)29-13-20(21,22)23;/h8-10H,6-7,11-13H2,1-5H3,(H,24,28)(H2,25,26,27);1H. The summed E-state index contributed by atoms with van der Waals surface area (Å²) in [6.07, 6.45) is -4.41. The molecule has 0 saturated heterocycles. The van der Waals surface area contributed by atoms with Gasteiger partial charge in [0.1, 0.15) is 5.75 Å². The minimum Gasteiger partial charge on any atom is -0.484 e. The zero-order chi connectivity index (χ0) is 22.1. The number of aryl methyl sites for hydroxylation is 1. The topological polar surface area (TPSA) is 74.8 Å². The second-order valence-corrected chi connectivity index (χ2v) is 7.31. The van der Waals surface area contributed by atoms with E-state index in [-0.39, 0.29) is 42.2 Å². The molecule has 0 radical (unpaired) electrons. The lowest BCUT2D eigenvalue weighted by Gasteiger charge is -2.25. The summed E-state index contributed by atoms with van der Waals surface area (Å²) in [5.74, 6) is 0.543. The molecule has 0 spiro atoms. The van der Waals surface area contributed by atoms with Crippen molar-refractivity contribution in [2.45, 2.75) is 47.3 Å². The van der Waals surface area contributed by atoms with E-state index in [2.05, 4.69) is 20.9 Å². The van der Waals surface area contributed by atoms with Crippen LogP contribution in [-0.2, 0) is 11.3 Å². The Morgan fingerprint density at radius 3 is 2.30 bits per heavy atom. The van der Waals surface area contributed by atoms with E-state index in [0.29, 0.717) is 31.2 Å². The summed E-state index contributed by atoms with van der Waals surface area (Å²) in [5, 5.41) is 8.98. The van der Waals surface area contributed by atoms with E-state index in [1.165, 1.54) is 0 Å². The molecule has 1 rings (SSSR count). The number of amides is 1. The minimum absolute atomic E-state index is 0. The average Bonchev–Trinajstić information content (AvgIpc) is 2.63. The number of nitrogens with zero attached hydrogens (tertiary/aromatic N) is 1. The van der Waals surface area contributed by atoms with Crippen molar-refractivity contribution in [1.82, 2.24) is 16.0 Å². The molecule has 0 aliphatic rings. The van der Waals surface area contributed by atoms with E-state index < -0.39 is 18.2 Å². The first kappa shape index (κ1) is 28.3. The second kappa shape index (κ2) is 12.9. The van der Waals surface area contributed by atoms with Crippen molar-refractivity contribution in [1.29, 1.82) is 0 Å². The van der Waals surface area contributed by atoms with Gasteiger partial charge in [0.15, 0.2) is 12.6 Å². The molecule has 0 aliphatic heterocycles. The molecule has 0 unspecified atom stereocenters. The van der Waals surface area contributed by atoms with Crippen molar-refractivity contribution >= 4 is 35.8 Å². The lowest BCUT2D eigenvalue weighted by molar-refractivity contribution is -0.153. The van der Waals surface area contributed by atoms with Gasteiger partial charge in [-0.15, -0.1) is 24.0 Å². The van der Waals surface area contributed by atoms with Gasteiger partial charge in [-0.3, -0.25) is 4.79 Å². The van der Waals surface area contributed by atoms with Gasteiger partial charge in [0.25, 0.3) is 0 Å². The molecule has 172 valence electrons. The van der Waals surface area contributed by atoms with E-state index in [9.17, 15) is 18.0 Å². The summed E-state index contributed by atoms with van der Waals surface area (Å²) < 4.78 is 42.5. The third-order valence-electron chi connectivity index (χ3n) is 4.02. The quantitative estimate of drug-likeness (QED) is 0.252. The van der Waals surface area contributed by atoms with Gasteiger partial charge in [0.2, 0.25) is 5.91 Å². The maximum Gasteiger partial charge on any atom is 0.422 e. The van der Waals surface area contributed by atoms with Crippen molar-refractivity contribution in [2.24, 2.45) is 10.4 Å². The lowest BCUT2D eigenvalue weighted by atomic mass is 9.92. The van der Waals surface area contributed by atoms with E-state index in [1.807, 2.05) is 27.7 Å². The maximum atomic E-state index is 12.5. The first-order valence-electron chi connectivity index (χ1n) is 9.58. The molecule has 1 aromatic rings. The van der Waals surface area contributed by atoms with Crippen LogP contribution in [0.1, 0.15) is 38.8 Å². The first-order valence-corrected chi connectivity index (χ1v) is 9.58. The molecule has 10 heteroatoms. The van der Waals surface area contributed by atoms with Gasteiger partial charge < -0.3 is 20.7 Å². The summed E-state index contributed by atoms with van der Waals surface area (Å²) in [6, 6.07) is 5.06. The van der Waals surface area contributed by atoms with Crippen LogP contribution in [-0.4, -0.2) is 44.3 Å². The largest absolute Gasteiger partial charge is 0.484 e. The second-order valence-electron chi connectivity index (χ2n) is 7.31. The van der Waals surface area contributed by atoms with E-state index >= 15 is 0 Å². The zero-order valence-corrected chi connectivity index (χ0v) is 20.4. The molecule has 0 aliphatic carbocycles. The van der Waals surface area contributed by atoms with Gasteiger partial charge >= 0.3 is 6.18 Å². The van der Waals surface area contributed by atoms with Crippen LogP contribution in [0, 0.1) is 12.3 Å². The molecule has 30 heavy (non-hydrogen) atoms. The molecule has 1 aromatic carbocycles. The van der Waals surface area contributed by atoms with Crippen LogP contribution in [0.2, 0.25) is 0 Å². The van der Waals surface area contributed by atoms with Gasteiger partial charge in [-0.25, -0.2) is 4.99 Å². The number of rotatable bonds is 9. The van der Waals surface area contributed by atoms with Crippen molar-refractivity contribution in [2.75, 3.05) is 26.2 Å². The number of ether oxygens (including phenoxy) is 1. The number of hydrogen-bond acceptors (Lipinski definition) is 3. The molecule has 3 N–H and O–H groups in total. The fourth-order valence-electron chi connectivity index (χ4n) is 2.38. The molecule has 0 heterocycles. The Balaban J connectivity index is 0.00000841. The Morgan fingerprint density at radius 1 is 1.10 bits per heavy atom. The van der Waals surface area contributed by atoms with E-state index in [0.717, 1.165) is 5.56 Å². The highest BCUT2D eigenvalue weighted by molar-refractivity contribution is 14.0. The molecule has 0 bridgehead atoms. The van der Waals surface area contributed by atoms with Crippen LogP contribution in [0.3, 0.4) is 0 Å². The Hall–Kier alpha value is -1.72. The van der Waals surface area contributed by atoms with Gasteiger partial charge in [-0.2, -0.15) is 13.2 Å². The van der Waals surface area contributed by atoms with Gasteiger partial charge in [0.05, 0.1) is 12.0 Å². The number of alkyl halides is 3. The lowest BCUT2D eigenvalue weighted by Crippen LogP contribution is -2.47. The molecule has 0 atom stereocenters. The first-order chi connectivity index (χ1) is 13.5. The van der Waals surface area contributed by atoms with Gasteiger partial charge in [0, 0.05) is 25.2 Å². The Bertz CT molecular complexity index is 710. The van der Waals surface area contributed by atoms with Crippen LogP contribution >= 0.6 is 24.0 Å². The zero-order valence-electron chi connectivity index (χ0n) is 18.1. The normalized spacial score (nSPS) is 12.1. The van der Waals surface area contributed by atoms with Crippen molar-refractivity contribution in [3.63, 3.8) is 0 Å². The van der Waals surface area contributed by atoms with Crippen molar-refractivity contribution in [3.05, 3.63) is 29.3 Å². The van der Waals surface area contributed by atoms with E-state index in [1.54, 1.807) is 25.1 Å². The molecular formula is C20H32F3IN4O2. The highest BCUT2D eigenvalue weighted by Gasteiger charge is 2.29. The van der Waals surface area contributed by atoms with Gasteiger partial charge in [-0.1, -0.05) is 12.1 Å². The number of carbonyl (C=O) groups excluding carboxylic acids is 1. The number of guanidine groups is 1. The smallest absolute Gasteiger partial charge is 0.422 e. The molecule has 0 aromatic heterocycles. The summed E-state index contributed by atoms with van der Waals surface area (Å²) in [4.78, 5) is 16.6. The maximum absolute atomic E-state index is 12.5. The predicted octanol–water partition coefficient (Wildman–Crippen LogP) is 3.77. The van der Waals surface area contributed by atoms with Crippen LogP contribution in [0.5, 0.6) is 5.75 Å². The Labute approximate surface area is 193 Å². The van der Waals surface area contributed by atoms with Crippen LogP contribution in [0.25, 0.3) is 0 Å². The fraction of sp³-hybridized carbons (Fsp3) is 0.600. The summed E-state index contributed by atoms with van der Waals surface area (Å²) in [5.41, 5.74) is 0.681. The SMILES string of the molecule is CCNC(=O)C(C)(C)CNC(=NCc1ccc(C)cc1OCC(F)(F)F)NCC.I. The number of aliphatic imine (C=N–C) groups is 1. The Morgan fingerprint density at radius 2 is 1.73 bits per heavy atom. The Kier molecular flexibility index (Phi) is 12.1. The van der Waals surface area contributed by atoms with Gasteiger partial charge in [-0.05, 0) is 46.2 Å². The number of carbonyl (C=O) groups is 1. The molecule has 1 amide bonds. The minimum atomic E-state index is -4.41. The predicted molar refractivity (Wildman–Crippen MR) is 123 cm³/mol. The molecule has 0 saturated carbocycles. The highest BCUT2D eigenvalue weighted by Crippen LogP contribution is 2.24. The molecule has 0 fully saturated rings. The molecular weight excluding hydrogens is 512 g/mol. The number of halogens is 4. The van der Waals surface area contributed by atoms with Crippen LogP contribution in [0.15, 0.2) is 23.2 Å². The summed E-state index contributed by atoms with van der Waals surface area (Å²) in [7, 11) is 0.